The van der Waals surface area contributed by atoms with Gasteiger partial charge in [0.25, 0.3) is 0 Å². The lowest BCUT2D eigenvalue weighted by Crippen LogP contribution is -2.38. The first-order chi connectivity index (χ1) is 11.2. The summed E-state index contributed by atoms with van der Waals surface area (Å²) in [5.74, 6) is 1.16. The molecule has 6 heteroatoms. The average Bonchev–Trinajstić information content (AvgIpc) is 2.82. The van der Waals surface area contributed by atoms with Crippen LogP contribution in [0.3, 0.4) is 0 Å². The van der Waals surface area contributed by atoms with Gasteiger partial charge in [0.1, 0.15) is 5.76 Å². The lowest BCUT2D eigenvalue weighted by atomic mass is 10.2. The molecule has 6 nitrogen and oxygen atoms in total. The number of amides is 2. The van der Waals surface area contributed by atoms with Crippen LogP contribution in [0.1, 0.15) is 17.7 Å². The van der Waals surface area contributed by atoms with E-state index in [4.69, 9.17) is 4.52 Å². The summed E-state index contributed by atoms with van der Waals surface area (Å²) >= 11 is 0. The molecule has 0 radical (unpaired) electrons. The number of anilines is 1. The number of carbonyl (C=O) groups excluding carboxylic acids is 1. The van der Waals surface area contributed by atoms with Gasteiger partial charge in [-0.15, -0.1) is 0 Å². The van der Waals surface area contributed by atoms with E-state index in [1.165, 1.54) is 5.56 Å². The zero-order chi connectivity index (χ0) is 16.1. The molecule has 1 aromatic carbocycles. The van der Waals surface area contributed by atoms with E-state index >= 15 is 0 Å². The molecule has 2 amide bonds. The number of carbonyl (C=O) groups is 1. The summed E-state index contributed by atoms with van der Waals surface area (Å²) in [6.45, 7) is 6.08. The van der Waals surface area contributed by atoms with E-state index in [1.54, 1.807) is 13.0 Å². The second-order valence-electron chi connectivity index (χ2n) is 5.86. The van der Waals surface area contributed by atoms with Crippen LogP contribution < -0.4 is 5.32 Å². The summed E-state index contributed by atoms with van der Waals surface area (Å²) in [6, 6.07) is 12.0. The summed E-state index contributed by atoms with van der Waals surface area (Å²) in [6.07, 6.45) is 0.970. The van der Waals surface area contributed by atoms with Crippen molar-refractivity contribution in [3.05, 3.63) is 47.7 Å². The van der Waals surface area contributed by atoms with Crippen molar-refractivity contribution in [2.45, 2.75) is 19.9 Å². The van der Waals surface area contributed by atoms with Gasteiger partial charge in [-0.25, -0.2) is 4.79 Å². The van der Waals surface area contributed by atoms with Gasteiger partial charge < -0.3 is 9.42 Å². The summed E-state index contributed by atoms with van der Waals surface area (Å²) in [7, 11) is 0. The molecular formula is C17H22N4O2. The highest BCUT2D eigenvalue weighted by atomic mass is 16.5. The Hall–Kier alpha value is -2.34. The molecule has 3 rings (SSSR count). The maximum absolute atomic E-state index is 12.3. The van der Waals surface area contributed by atoms with Gasteiger partial charge in [0.15, 0.2) is 5.82 Å². The van der Waals surface area contributed by atoms with E-state index in [9.17, 15) is 4.79 Å². The van der Waals surface area contributed by atoms with Crippen molar-refractivity contribution < 1.29 is 9.32 Å². The second-order valence-corrected chi connectivity index (χ2v) is 5.86. The Bertz CT molecular complexity index is 641. The van der Waals surface area contributed by atoms with Crippen molar-refractivity contribution in [2.24, 2.45) is 0 Å². The monoisotopic (exact) mass is 314 g/mol. The molecule has 1 fully saturated rings. The average molecular weight is 314 g/mol. The Kier molecular flexibility index (Phi) is 4.92. The minimum absolute atomic E-state index is 0.111. The van der Waals surface area contributed by atoms with Crippen LogP contribution in [0, 0.1) is 6.92 Å². The van der Waals surface area contributed by atoms with Crippen LogP contribution in [0.2, 0.25) is 0 Å². The van der Waals surface area contributed by atoms with Crippen LogP contribution in [-0.2, 0) is 6.54 Å². The first kappa shape index (κ1) is 15.6. The van der Waals surface area contributed by atoms with E-state index in [2.05, 4.69) is 39.6 Å². The number of rotatable bonds is 3. The van der Waals surface area contributed by atoms with Crippen LogP contribution >= 0.6 is 0 Å². The van der Waals surface area contributed by atoms with Gasteiger partial charge in [0.2, 0.25) is 0 Å². The Balaban J connectivity index is 1.52. The molecule has 0 unspecified atom stereocenters. The van der Waals surface area contributed by atoms with Gasteiger partial charge in [-0.05, 0) is 18.9 Å². The van der Waals surface area contributed by atoms with Crippen molar-refractivity contribution >= 4 is 11.8 Å². The van der Waals surface area contributed by atoms with E-state index in [0.29, 0.717) is 11.6 Å². The van der Waals surface area contributed by atoms with E-state index < -0.39 is 0 Å². The van der Waals surface area contributed by atoms with Crippen LogP contribution in [0.4, 0.5) is 10.6 Å². The third-order valence-corrected chi connectivity index (χ3v) is 3.99. The standard InChI is InChI=1S/C17H22N4O2/c1-14-12-16(19-23-14)18-17(22)21-9-5-8-20(10-11-21)13-15-6-3-2-4-7-15/h2-4,6-7,12H,5,8-11,13H2,1H3,(H,18,19,22). The van der Waals surface area contributed by atoms with E-state index in [-0.39, 0.29) is 6.03 Å². The first-order valence-corrected chi connectivity index (χ1v) is 7.96. The maximum Gasteiger partial charge on any atom is 0.323 e. The predicted octanol–water partition coefficient (Wildman–Crippen LogP) is 2.72. The Morgan fingerprint density at radius 2 is 2.04 bits per heavy atom. The van der Waals surface area contributed by atoms with E-state index in [1.807, 2.05) is 11.0 Å². The molecule has 122 valence electrons. The van der Waals surface area contributed by atoms with Gasteiger partial charge in [-0.3, -0.25) is 10.2 Å². The predicted molar refractivity (Wildman–Crippen MR) is 88.2 cm³/mol. The number of aryl methyl sites for hydroxylation is 1. The lowest BCUT2D eigenvalue weighted by Gasteiger charge is -2.21. The molecule has 2 aromatic rings. The van der Waals surface area contributed by atoms with Gasteiger partial charge in [0.05, 0.1) is 0 Å². The number of nitrogens with one attached hydrogen (secondary N) is 1. The normalized spacial score (nSPS) is 16.1. The molecule has 23 heavy (non-hydrogen) atoms. The Morgan fingerprint density at radius 1 is 1.22 bits per heavy atom. The molecule has 1 aliphatic heterocycles. The molecule has 1 saturated heterocycles. The van der Waals surface area contributed by atoms with Crippen molar-refractivity contribution in [3.63, 3.8) is 0 Å². The summed E-state index contributed by atoms with van der Waals surface area (Å²) in [4.78, 5) is 16.5. The minimum atomic E-state index is -0.111. The van der Waals surface area contributed by atoms with Gasteiger partial charge in [-0.2, -0.15) is 0 Å². The van der Waals surface area contributed by atoms with Crippen LogP contribution in [0.25, 0.3) is 0 Å². The van der Waals surface area contributed by atoms with E-state index in [0.717, 1.165) is 39.1 Å². The largest absolute Gasteiger partial charge is 0.360 e. The van der Waals surface area contributed by atoms with Crippen molar-refractivity contribution in [1.82, 2.24) is 15.0 Å². The zero-order valence-electron chi connectivity index (χ0n) is 13.4. The van der Waals surface area contributed by atoms with Crippen molar-refractivity contribution in [3.8, 4) is 0 Å². The fourth-order valence-corrected chi connectivity index (χ4v) is 2.79. The number of hydrogen-bond acceptors (Lipinski definition) is 4. The third kappa shape index (κ3) is 4.32. The molecule has 0 saturated carbocycles. The highest BCUT2D eigenvalue weighted by Gasteiger charge is 2.20. The number of benzene rings is 1. The first-order valence-electron chi connectivity index (χ1n) is 7.96. The topological polar surface area (TPSA) is 61.6 Å². The Labute approximate surface area is 136 Å². The molecule has 1 N–H and O–H groups in total. The van der Waals surface area contributed by atoms with Gasteiger partial charge >= 0.3 is 6.03 Å². The summed E-state index contributed by atoms with van der Waals surface area (Å²) < 4.78 is 4.97. The number of hydrogen-bond donors (Lipinski definition) is 1. The van der Waals surface area contributed by atoms with Gasteiger partial charge in [-0.1, -0.05) is 35.5 Å². The number of nitrogens with zero attached hydrogens (tertiary/aromatic N) is 3. The van der Waals surface area contributed by atoms with Crippen LogP contribution in [-0.4, -0.2) is 47.2 Å². The smallest absolute Gasteiger partial charge is 0.323 e. The molecule has 0 spiro atoms. The highest BCUT2D eigenvalue weighted by Crippen LogP contribution is 2.12. The molecule has 0 aliphatic carbocycles. The molecule has 0 bridgehead atoms. The third-order valence-electron chi connectivity index (χ3n) is 3.99. The van der Waals surface area contributed by atoms with Crippen molar-refractivity contribution in [1.29, 1.82) is 0 Å². The second kappa shape index (κ2) is 7.28. The fourth-order valence-electron chi connectivity index (χ4n) is 2.79. The Morgan fingerprint density at radius 3 is 2.78 bits per heavy atom. The molecule has 0 atom stereocenters. The fraction of sp³-hybridized carbons (Fsp3) is 0.412. The van der Waals surface area contributed by atoms with Gasteiger partial charge in [0, 0.05) is 38.8 Å². The number of aromatic nitrogens is 1. The van der Waals surface area contributed by atoms with Crippen molar-refractivity contribution in [2.75, 3.05) is 31.5 Å². The summed E-state index contributed by atoms with van der Waals surface area (Å²) in [5.41, 5.74) is 1.31. The molecular weight excluding hydrogens is 292 g/mol. The zero-order valence-corrected chi connectivity index (χ0v) is 13.4. The number of urea groups is 1. The summed E-state index contributed by atoms with van der Waals surface area (Å²) in [5, 5.41) is 6.59. The molecule has 2 heterocycles. The minimum Gasteiger partial charge on any atom is -0.360 e. The quantitative estimate of drug-likeness (QED) is 0.946. The van der Waals surface area contributed by atoms with Crippen LogP contribution in [0.5, 0.6) is 0 Å². The highest BCUT2D eigenvalue weighted by molar-refractivity contribution is 5.88. The molecule has 1 aromatic heterocycles. The lowest BCUT2D eigenvalue weighted by molar-refractivity contribution is 0.210. The SMILES string of the molecule is Cc1cc(NC(=O)N2CCCN(Cc3ccccc3)CC2)no1. The van der Waals surface area contributed by atoms with Crippen LogP contribution in [0.15, 0.2) is 40.9 Å². The maximum atomic E-state index is 12.3. The molecule has 1 aliphatic rings.